The van der Waals surface area contributed by atoms with Gasteiger partial charge in [-0.1, -0.05) is 6.07 Å². The summed E-state index contributed by atoms with van der Waals surface area (Å²) in [6.07, 6.45) is 0. The van der Waals surface area contributed by atoms with E-state index in [1.54, 1.807) is 31.2 Å². The highest BCUT2D eigenvalue weighted by molar-refractivity contribution is 5.95. The second kappa shape index (κ2) is 6.56. The Kier molecular flexibility index (Phi) is 4.55. The molecule has 0 aliphatic carbocycles. The van der Waals surface area contributed by atoms with Crippen LogP contribution in [0.25, 0.3) is 0 Å². The summed E-state index contributed by atoms with van der Waals surface area (Å²) in [7, 11) is 1.29. The average Bonchev–Trinajstić information content (AvgIpc) is 2.90. The van der Waals surface area contributed by atoms with Crippen molar-refractivity contribution < 1.29 is 23.6 Å². The van der Waals surface area contributed by atoms with E-state index in [9.17, 15) is 9.59 Å². The Hall–Kier alpha value is -2.83. The number of benzene rings is 1. The number of rotatable bonds is 5. The number of hydrogen-bond acceptors (Lipinski definition) is 6. The van der Waals surface area contributed by atoms with Crippen LogP contribution in [0.15, 0.2) is 34.9 Å². The molecule has 1 heterocycles. The van der Waals surface area contributed by atoms with Gasteiger partial charge in [-0.15, -0.1) is 0 Å². The summed E-state index contributed by atoms with van der Waals surface area (Å²) in [4.78, 5) is 23.1. The summed E-state index contributed by atoms with van der Waals surface area (Å²) in [5.74, 6) is -0.0137. The van der Waals surface area contributed by atoms with Crippen molar-refractivity contribution in [2.75, 3.05) is 19.0 Å². The largest absolute Gasteiger partial charge is 0.465 e. The zero-order chi connectivity index (χ0) is 15.2. The smallest absolute Gasteiger partial charge is 0.337 e. The third-order valence-electron chi connectivity index (χ3n) is 2.52. The van der Waals surface area contributed by atoms with Gasteiger partial charge in [-0.3, -0.25) is 4.79 Å². The molecular formula is C14H14N2O5. The maximum absolute atomic E-state index is 11.7. The Morgan fingerprint density at radius 1 is 1.33 bits per heavy atom. The summed E-state index contributed by atoms with van der Waals surface area (Å²) < 4.78 is 14.6. The van der Waals surface area contributed by atoms with E-state index >= 15 is 0 Å². The molecule has 110 valence electrons. The van der Waals surface area contributed by atoms with Crippen LogP contribution in [0.5, 0.6) is 5.88 Å². The number of aromatic nitrogens is 1. The van der Waals surface area contributed by atoms with Gasteiger partial charge in [0.25, 0.3) is 11.8 Å². The van der Waals surface area contributed by atoms with Crippen molar-refractivity contribution in [3.05, 3.63) is 41.7 Å². The topological polar surface area (TPSA) is 90.7 Å². The number of esters is 1. The normalized spacial score (nSPS) is 10.0. The number of methoxy groups -OCH3 is 1. The third-order valence-corrected chi connectivity index (χ3v) is 2.52. The molecule has 0 saturated carbocycles. The van der Waals surface area contributed by atoms with Crippen molar-refractivity contribution in [3.8, 4) is 5.88 Å². The van der Waals surface area contributed by atoms with E-state index in [-0.39, 0.29) is 18.4 Å². The first-order chi connectivity index (χ1) is 10.1. The highest BCUT2D eigenvalue weighted by Gasteiger charge is 2.09. The monoisotopic (exact) mass is 290 g/mol. The lowest BCUT2D eigenvalue weighted by Crippen LogP contribution is -2.20. The molecule has 1 aromatic carbocycles. The van der Waals surface area contributed by atoms with E-state index in [1.165, 1.54) is 13.2 Å². The van der Waals surface area contributed by atoms with Gasteiger partial charge in [-0.05, 0) is 30.3 Å². The SMILES string of the molecule is COC(=O)c1cccc(NC(=O)COc2cc(C)on2)c1. The molecule has 2 aromatic rings. The minimum Gasteiger partial charge on any atom is -0.465 e. The van der Waals surface area contributed by atoms with Gasteiger partial charge in [0.05, 0.1) is 12.7 Å². The number of anilines is 1. The lowest BCUT2D eigenvalue weighted by Gasteiger charge is -2.06. The van der Waals surface area contributed by atoms with Crippen LogP contribution in [-0.2, 0) is 9.53 Å². The molecule has 0 fully saturated rings. The fraction of sp³-hybridized carbons (Fsp3) is 0.214. The number of carbonyl (C=O) groups excluding carboxylic acids is 2. The molecule has 1 aromatic heterocycles. The van der Waals surface area contributed by atoms with E-state index in [0.717, 1.165) is 0 Å². The molecule has 7 nitrogen and oxygen atoms in total. The van der Waals surface area contributed by atoms with Gasteiger partial charge in [0.1, 0.15) is 5.76 Å². The van der Waals surface area contributed by atoms with E-state index in [2.05, 4.69) is 15.2 Å². The van der Waals surface area contributed by atoms with Crippen molar-refractivity contribution in [2.24, 2.45) is 0 Å². The van der Waals surface area contributed by atoms with E-state index in [1.807, 2.05) is 0 Å². The standard InChI is InChI=1S/C14H14N2O5/c1-9-6-13(16-21-9)20-8-12(17)15-11-5-3-4-10(7-11)14(18)19-2/h3-7H,8H2,1-2H3,(H,15,17). The maximum atomic E-state index is 11.7. The van der Waals surface area contributed by atoms with Gasteiger partial charge in [-0.2, -0.15) is 0 Å². The second-order valence-electron chi connectivity index (χ2n) is 4.19. The minimum atomic E-state index is -0.472. The Bertz CT molecular complexity index is 650. The molecule has 0 radical (unpaired) electrons. The first kappa shape index (κ1) is 14.6. The van der Waals surface area contributed by atoms with Gasteiger partial charge in [-0.25, -0.2) is 4.79 Å². The Labute approximate surface area is 120 Å². The number of amides is 1. The molecule has 0 spiro atoms. The number of carbonyl (C=O) groups is 2. The summed E-state index contributed by atoms with van der Waals surface area (Å²) in [5, 5.41) is 6.21. The van der Waals surface area contributed by atoms with Crippen LogP contribution >= 0.6 is 0 Å². The molecule has 21 heavy (non-hydrogen) atoms. The summed E-state index contributed by atoms with van der Waals surface area (Å²) in [6.45, 7) is 1.51. The molecule has 0 bridgehead atoms. The first-order valence-electron chi connectivity index (χ1n) is 6.13. The van der Waals surface area contributed by atoms with Gasteiger partial charge in [0, 0.05) is 11.8 Å². The van der Waals surface area contributed by atoms with Crippen molar-refractivity contribution in [1.82, 2.24) is 5.16 Å². The quantitative estimate of drug-likeness (QED) is 0.844. The fourth-order valence-electron chi connectivity index (χ4n) is 1.59. The maximum Gasteiger partial charge on any atom is 0.337 e. The van der Waals surface area contributed by atoms with Crippen LogP contribution in [0.3, 0.4) is 0 Å². The van der Waals surface area contributed by atoms with Crippen LogP contribution in [0.4, 0.5) is 5.69 Å². The van der Waals surface area contributed by atoms with E-state index in [4.69, 9.17) is 9.26 Å². The van der Waals surface area contributed by atoms with Crippen LogP contribution in [0, 0.1) is 6.92 Å². The molecule has 0 atom stereocenters. The third kappa shape index (κ3) is 4.07. The molecule has 0 saturated heterocycles. The summed E-state index contributed by atoms with van der Waals surface area (Å²) >= 11 is 0. The zero-order valence-electron chi connectivity index (χ0n) is 11.6. The second-order valence-corrected chi connectivity index (χ2v) is 4.19. The molecule has 0 unspecified atom stereocenters. The average molecular weight is 290 g/mol. The summed E-state index contributed by atoms with van der Waals surface area (Å²) in [6, 6.07) is 7.99. The number of hydrogen-bond donors (Lipinski definition) is 1. The van der Waals surface area contributed by atoms with Crippen LogP contribution in [0.1, 0.15) is 16.1 Å². The predicted molar refractivity (Wildman–Crippen MR) is 73.1 cm³/mol. The fourth-order valence-corrected chi connectivity index (χ4v) is 1.59. The van der Waals surface area contributed by atoms with Crippen molar-refractivity contribution in [2.45, 2.75) is 6.92 Å². The van der Waals surface area contributed by atoms with Gasteiger partial charge >= 0.3 is 5.97 Å². The highest BCUT2D eigenvalue weighted by Crippen LogP contribution is 2.12. The lowest BCUT2D eigenvalue weighted by molar-refractivity contribution is -0.118. The highest BCUT2D eigenvalue weighted by atomic mass is 16.5. The molecule has 1 amide bonds. The Balaban J connectivity index is 1.91. The van der Waals surface area contributed by atoms with Crippen molar-refractivity contribution >= 4 is 17.6 Å². The van der Waals surface area contributed by atoms with Crippen LogP contribution in [-0.4, -0.2) is 30.7 Å². The molecular weight excluding hydrogens is 276 g/mol. The van der Waals surface area contributed by atoms with Gasteiger partial charge in [0.2, 0.25) is 0 Å². The lowest BCUT2D eigenvalue weighted by atomic mass is 10.2. The number of aryl methyl sites for hydroxylation is 1. The molecule has 0 aliphatic heterocycles. The first-order valence-corrected chi connectivity index (χ1v) is 6.13. The molecule has 7 heteroatoms. The van der Waals surface area contributed by atoms with Crippen LogP contribution < -0.4 is 10.1 Å². The Morgan fingerprint density at radius 3 is 2.81 bits per heavy atom. The van der Waals surface area contributed by atoms with Gasteiger partial charge in [0.15, 0.2) is 6.61 Å². The van der Waals surface area contributed by atoms with Crippen molar-refractivity contribution in [1.29, 1.82) is 0 Å². The van der Waals surface area contributed by atoms with E-state index in [0.29, 0.717) is 17.0 Å². The molecule has 0 aliphatic rings. The number of nitrogens with zero attached hydrogens (tertiary/aromatic N) is 1. The van der Waals surface area contributed by atoms with Gasteiger partial charge < -0.3 is 19.3 Å². The molecule has 1 N–H and O–H groups in total. The number of nitrogens with one attached hydrogen (secondary N) is 1. The Morgan fingerprint density at radius 2 is 2.14 bits per heavy atom. The predicted octanol–water partition coefficient (Wildman–Crippen LogP) is 1.79. The zero-order valence-corrected chi connectivity index (χ0v) is 11.6. The van der Waals surface area contributed by atoms with Crippen molar-refractivity contribution in [3.63, 3.8) is 0 Å². The van der Waals surface area contributed by atoms with Crippen LogP contribution in [0.2, 0.25) is 0 Å². The molecule has 2 rings (SSSR count). The van der Waals surface area contributed by atoms with E-state index < -0.39 is 5.97 Å². The minimum absolute atomic E-state index is 0.214. The summed E-state index contributed by atoms with van der Waals surface area (Å²) in [5.41, 5.74) is 0.825. The number of ether oxygens (including phenoxy) is 2.